The zero-order chi connectivity index (χ0) is 11.1. The fourth-order valence-corrected chi connectivity index (χ4v) is 1.10. The lowest BCUT2D eigenvalue weighted by Crippen LogP contribution is -1.68. The second-order valence-electron chi connectivity index (χ2n) is 3.44. The van der Waals surface area contributed by atoms with Gasteiger partial charge in [0.1, 0.15) is 5.75 Å². The molecule has 1 nitrogen and oxygen atoms in total. The Morgan fingerprint density at radius 2 is 1.18 bits per heavy atom. The number of benzene rings is 2. The smallest absolute Gasteiger partial charge is 0.118 e. The zero-order valence-corrected chi connectivity index (χ0v) is 9.14. The summed E-state index contributed by atoms with van der Waals surface area (Å²) >= 11 is 0. The van der Waals surface area contributed by atoms with Crippen molar-refractivity contribution in [3.05, 3.63) is 65.7 Å². The molecule has 0 fully saturated rings. The monoisotopic (exact) mass is 232 g/mol. The Morgan fingerprint density at radius 1 is 0.706 bits per heavy atom. The van der Waals surface area contributed by atoms with Gasteiger partial charge in [0.05, 0.1) is 0 Å². The van der Waals surface area contributed by atoms with Crippen molar-refractivity contribution in [3.63, 3.8) is 0 Å². The number of para-hydroxylation sites is 1. The van der Waals surface area contributed by atoms with Gasteiger partial charge in [0.25, 0.3) is 0 Å². The van der Waals surface area contributed by atoms with Crippen LogP contribution < -0.4 is 0 Å². The number of aromatic hydroxyl groups is 1. The van der Waals surface area contributed by atoms with Crippen LogP contribution in [0.2, 0.25) is 0 Å². The van der Waals surface area contributed by atoms with E-state index in [4.69, 9.17) is 5.11 Å². The van der Waals surface area contributed by atoms with Crippen LogP contribution in [0.15, 0.2) is 54.6 Å². The van der Waals surface area contributed by atoms with Crippen LogP contribution in [0.1, 0.15) is 26.0 Å². The van der Waals surface area contributed by atoms with Gasteiger partial charge in [-0.2, -0.15) is 0 Å². The van der Waals surface area contributed by atoms with Crippen LogP contribution >= 0.6 is 0 Å². The highest BCUT2D eigenvalue weighted by atomic mass is 16.3. The van der Waals surface area contributed by atoms with Crippen molar-refractivity contribution in [2.75, 3.05) is 0 Å². The van der Waals surface area contributed by atoms with Gasteiger partial charge in [0.2, 0.25) is 0 Å². The Morgan fingerprint density at radius 3 is 1.47 bits per heavy atom. The second kappa shape index (κ2) is 9.46. The molecule has 0 spiro atoms. The van der Waals surface area contributed by atoms with Gasteiger partial charge in [-0.25, -0.2) is 0 Å². The van der Waals surface area contributed by atoms with Crippen LogP contribution in [-0.2, 0) is 0 Å². The molecule has 0 aromatic heterocycles. The third kappa shape index (κ3) is 7.18. The molecule has 0 amide bonds. The highest BCUT2D eigenvalue weighted by molar-refractivity contribution is 5.29. The van der Waals surface area contributed by atoms with Gasteiger partial charge in [0.15, 0.2) is 0 Å². The van der Waals surface area contributed by atoms with Crippen molar-refractivity contribution in [2.45, 2.75) is 28.7 Å². The van der Waals surface area contributed by atoms with Gasteiger partial charge < -0.3 is 5.11 Å². The summed E-state index contributed by atoms with van der Waals surface area (Å²) in [7, 11) is 0. The molecule has 0 saturated heterocycles. The van der Waals surface area contributed by atoms with Crippen LogP contribution in [0.3, 0.4) is 0 Å². The maximum absolute atomic E-state index is 8.92. The molecule has 0 aliphatic heterocycles. The molecule has 1 N–H and O–H groups in total. The number of aryl methyl sites for hydroxylation is 2. The Balaban J connectivity index is 0. The van der Waals surface area contributed by atoms with Crippen LogP contribution in [-0.4, -0.2) is 5.11 Å². The molecule has 0 atom stereocenters. The van der Waals surface area contributed by atoms with Crippen LogP contribution in [0.25, 0.3) is 0 Å². The Kier molecular flexibility index (Phi) is 9.82. The fourth-order valence-electron chi connectivity index (χ4n) is 1.10. The number of hydrogen-bond donors (Lipinski definition) is 1. The van der Waals surface area contributed by atoms with E-state index in [9.17, 15) is 0 Å². The molecular weight excluding hydrogens is 208 g/mol. The maximum Gasteiger partial charge on any atom is 0.118 e. The molecule has 17 heavy (non-hydrogen) atoms. The van der Waals surface area contributed by atoms with E-state index in [2.05, 4.69) is 19.1 Å². The largest absolute Gasteiger partial charge is 0.508 e. The van der Waals surface area contributed by atoms with Gasteiger partial charge in [-0.05, 0) is 25.5 Å². The molecule has 2 aromatic rings. The lowest BCUT2D eigenvalue weighted by Gasteiger charge is -1.92. The molecule has 0 heterocycles. The van der Waals surface area contributed by atoms with Gasteiger partial charge in [-0.3, -0.25) is 0 Å². The molecule has 94 valence electrons. The third-order valence-corrected chi connectivity index (χ3v) is 2.06. The summed E-state index contributed by atoms with van der Waals surface area (Å²) in [6, 6.07) is 17.5. The van der Waals surface area contributed by atoms with E-state index in [0.29, 0.717) is 5.75 Å². The quantitative estimate of drug-likeness (QED) is 0.680. The number of phenols is 1. The van der Waals surface area contributed by atoms with Crippen molar-refractivity contribution in [1.82, 2.24) is 0 Å². The van der Waals surface area contributed by atoms with E-state index >= 15 is 0 Å². The zero-order valence-electron chi connectivity index (χ0n) is 9.14. The Hall–Kier alpha value is -1.76. The van der Waals surface area contributed by atoms with Crippen molar-refractivity contribution < 1.29 is 5.11 Å². The molecule has 0 saturated carbocycles. The highest BCUT2D eigenvalue weighted by Gasteiger charge is 1.87. The molecule has 0 bridgehead atoms. The third-order valence-electron chi connectivity index (χ3n) is 2.06. The first-order valence-corrected chi connectivity index (χ1v) is 4.96. The molecule has 0 radical (unpaired) electrons. The predicted molar refractivity (Wildman–Crippen MR) is 77.5 cm³/mol. The topological polar surface area (TPSA) is 20.2 Å². The minimum atomic E-state index is 0. The average Bonchev–Trinajstić information content (AvgIpc) is 2.25. The van der Waals surface area contributed by atoms with Crippen molar-refractivity contribution in [2.24, 2.45) is 0 Å². The van der Waals surface area contributed by atoms with Crippen LogP contribution in [0.4, 0.5) is 0 Å². The van der Waals surface area contributed by atoms with E-state index in [1.54, 1.807) is 6.07 Å². The Labute approximate surface area is 106 Å². The summed E-state index contributed by atoms with van der Waals surface area (Å²) in [4.78, 5) is 0. The number of rotatable bonds is 0. The van der Waals surface area contributed by atoms with Gasteiger partial charge in [-0.1, -0.05) is 68.9 Å². The second-order valence-corrected chi connectivity index (χ2v) is 3.44. The SMILES string of the molecule is C.C.Cc1ccccc1.Cc1ccccc1O. The number of phenolic OH excluding ortho intramolecular Hbond substituents is 1. The molecule has 0 aliphatic carbocycles. The van der Waals surface area contributed by atoms with Gasteiger partial charge in [-0.15, -0.1) is 0 Å². The first kappa shape index (κ1) is 17.6. The summed E-state index contributed by atoms with van der Waals surface area (Å²) in [5.41, 5.74) is 2.25. The molecule has 1 heteroatoms. The minimum Gasteiger partial charge on any atom is -0.508 e. The maximum atomic E-state index is 8.92. The first-order chi connectivity index (χ1) is 7.20. The Bertz CT molecular complexity index is 372. The van der Waals surface area contributed by atoms with Gasteiger partial charge in [0, 0.05) is 0 Å². The summed E-state index contributed by atoms with van der Waals surface area (Å²) in [5.74, 6) is 0.368. The fraction of sp³-hybridized carbons (Fsp3) is 0.250. The summed E-state index contributed by atoms with van der Waals surface area (Å²) in [5, 5.41) is 8.92. The highest BCUT2D eigenvalue weighted by Crippen LogP contribution is 2.12. The van der Waals surface area contributed by atoms with E-state index in [0.717, 1.165) is 5.56 Å². The molecule has 0 aliphatic rings. The standard InChI is InChI=1S/C7H8O.C7H8.2CH4/c1-6-4-2-3-5-7(6)8;1-7-5-3-2-4-6-7;;/h2-5,8H,1H3;2-6H,1H3;2*1H4. The minimum absolute atomic E-state index is 0. The average molecular weight is 232 g/mol. The van der Waals surface area contributed by atoms with Crippen molar-refractivity contribution in [1.29, 1.82) is 0 Å². The van der Waals surface area contributed by atoms with E-state index in [1.807, 2.05) is 43.3 Å². The first-order valence-electron chi connectivity index (χ1n) is 4.96. The lowest BCUT2D eigenvalue weighted by molar-refractivity contribution is 0.471. The summed E-state index contributed by atoms with van der Waals surface area (Å²) in [6.45, 7) is 3.95. The van der Waals surface area contributed by atoms with Crippen LogP contribution in [0.5, 0.6) is 5.75 Å². The molecular formula is C16H24O. The normalized spacial score (nSPS) is 7.88. The van der Waals surface area contributed by atoms with E-state index < -0.39 is 0 Å². The van der Waals surface area contributed by atoms with E-state index in [-0.39, 0.29) is 14.9 Å². The molecule has 2 aromatic carbocycles. The predicted octanol–water partition coefficient (Wildman–Crippen LogP) is 4.97. The lowest BCUT2D eigenvalue weighted by atomic mass is 10.2. The van der Waals surface area contributed by atoms with Crippen molar-refractivity contribution >= 4 is 0 Å². The number of hydrogen-bond acceptors (Lipinski definition) is 1. The van der Waals surface area contributed by atoms with E-state index in [1.165, 1.54) is 5.56 Å². The summed E-state index contributed by atoms with van der Waals surface area (Å²) < 4.78 is 0. The molecule has 2 rings (SSSR count). The van der Waals surface area contributed by atoms with Crippen LogP contribution in [0, 0.1) is 13.8 Å². The van der Waals surface area contributed by atoms with Crippen molar-refractivity contribution in [3.8, 4) is 5.75 Å². The summed E-state index contributed by atoms with van der Waals surface area (Å²) in [6.07, 6.45) is 0. The molecule has 0 unspecified atom stereocenters. The van der Waals surface area contributed by atoms with Gasteiger partial charge >= 0.3 is 0 Å².